The van der Waals surface area contributed by atoms with Gasteiger partial charge in [0.05, 0.1) is 11.3 Å². The number of carbonyl (C=O) groups is 2. The summed E-state index contributed by atoms with van der Waals surface area (Å²) in [7, 11) is 1.67. The van der Waals surface area contributed by atoms with Crippen molar-refractivity contribution in [3.63, 3.8) is 0 Å². The topological polar surface area (TPSA) is 86.1 Å². The summed E-state index contributed by atoms with van der Waals surface area (Å²) in [4.78, 5) is 23.5. The standard InChI is InChI=1S/C21H19F3N4O3S/c1-13(29)14-6-8-16(9-7-14)25-19(30)12-32-20-27-26-18(28(20)2)11-31-17-5-3-4-15(10-17)21(22,23)24/h3-10H,11-12H2,1-2H3,(H,25,30). The Morgan fingerprint density at radius 3 is 2.50 bits per heavy atom. The second kappa shape index (κ2) is 9.86. The molecule has 0 aliphatic heterocycles. The van der Waals surface area contributed by atoms with Crippen LogP contribution >= 0.6 is 11.8 Å². The van der Waals surface area contributed by atoms with Crippen molar-refractivity contribution in [3.05, 3.63) is 65.5 Å². The predicted molar refractivity (Wildman–Crippen MR) is 113 cm³/mol. The zero-order chi connectivity index (χ0) is 23.3. The Kier molecular flexibility index (Phi) is 7.18. The van der Waals surface area contributed by atoms with Crippen molar-refractivity contribution in [1.82, 2.24) is 14.8 Å². The van der Waals surface area contributed by atoms with Crippen molar-refractivity contribution in [1.29, 1.82) is 0 Å². The number of rotatable bonds is 8. The number of thioether (sulfide) groups is 1. The summed E-state index contributed by atoms with van der Waals surface area (Å²) in [6.07, 6.45) is -4.45. The fourth-order valence-corrected chi connectivity index (χ4v) is 3.35. The Morgan fingerprint density at radius 1 is 1.12 bits per heavy atom. The maximum Gasteiger partial charge on any atom is 0.416 e. The van der Waals surface area contributed by atoms with Crippen molar-refractivity contribution < 1.29 is 27.5 Å². The summed E-state index contributed by atoms with van der Waals surface area (Å²) in [5, 5.41) is 11.1. The number of alkyl halides is 3. The lowest BCUT2D eigenvalue weighted by molar-refractivity contribution is -0.137. The highest BCUT2D eigenvalue weighted by Crippen LogP contribution is 2.31. The number of hydrogen-bond donors (Lipinski definition) is 1. The fourth-order valence-electron chi connectivity index (χ4n) is 2.62. The van der Waals surface area contributed by atoms with E-state index >= 15 is 0 Å². The third-order valence-electron chi connectivity index (χ3n) is 4.36. The molecule has 0 radical (unpaired) electrons. The van der Waals surface area contributed by atoms with Gasteiger partial charge < -0.3 is 14.6 Å². The lowest BCUT2D eigenvalue weighted by atomic mass is 10.1. The fraction of sp³-hybridized carbons (Fsp3) is 0.238. The molecule has 0 unspecified atom stereocenters. The number of hydrogen-bond acceptors (Lipinski definition) is 6. The molecule has 2 aromatic carbocycles. The highest BCUT2D eigenvalue weighted by atomic mass is 32.2. The van der Waals surface area contributed by atoms with Crippen LogP contribution < -0.4 is 10.1 Å². The number of ether oxygens (including phenoxy) is 1. The summed E-state index contributed by atoms with van der Waals surface area (Å²) in [6.45, 7) is 1.38. The van der Waals surface area contributed by atoms with E-state index in [4.69, 9.17) is 4.74 Å². The van der Waals surface area contributed by atoms with Crippen LogP contribution in [0.15, 0.2) is 53.7 Å². The van der Waals surface area contributed by atoms with E-state index in [1.54, 1.807) is 35.9 Å². The zero-order valence-electron chi connectivity index (χ0n) is 17.1. The lowest BCUT2D eigenvalue weighted by Crippen LogP contribution is -2.14. The van der Waals surface area contributed by atoms with E-state index in [0.717, 1.165) is 23.9 Å². The number of nitrogens with one attached hydrogen (secondary N) is 1. The van der Waals surface area contributed by atoms with Crippen molar-refractivity contribution in [2.45, 2.75) is 24.9 Å². The quantitative estimate of drug-likeness (QED) is 0.394. The molecule has 0 saturated carbocycles. The first-order chi connectivity index (χ1) is 15.1. The Labute approximate surface area is 186 Å². The molecule has 3 aromatic rings. The second-order valence-electron chi connectivity index (χ2n) is 6.74. The van der Waals surface area contributed by atoms with Crippen molar-refractivity contribution in [2.75, 3.05) is 11.1 Å². The lowest BCUT2D eigenvalue weighted by Gasteiger charge is -2.10. The van der Waals surface area contributed by atoms with E-state index < -0.39 is 11.7 Å². The summed E-state index contributed by atoms with van der Waals surface area (Å²) < 4.78 is 45.4. The van der Waals surface area contributed by atoms with Crippen LogP contribution in [-0.2, 0) is 24.6 Å². The molecule has 0 spiro atoms. The molecule has 7 nitrogen and oxygen atoms in total. The van der Waals surface area contributed by atoms with E-state index in [-0.39, 0.29) is 29.8 Å². The van der Waals surface area contributed by atoms with Gasteiger partial charge in [-0.05, 0) is 49.4 Å². The highest BCUT2D eigenvalue weighted by Gasteiger charge is 2.30. The second-order valence-corrected chi connectivity index (χ2v) is 7.68. The van der Waals surface area contributed by atoms with Crippen LogP contribution in [0, 0.1) is 0 Å². The number of aromatic nitrogens is 3. The molecular formula is C21H19F3N4O3S. The van der Waals surface area contributed by atoms with Crippen LogP contribution in [0.4, 0.5) is 18.9 Å². The van der Waals surface area contributed by atoms with E-state index in [9.17, 15) is 22.8 Å². The van der Waals surface area contributed by atoms with Crippen LogP contribution in [0.1, 0.15) is 28.7 Å². The van der Waals surface area contributed by atoms with E-state index in [2.05, 4.69) is 15.5 Å². The SMILES string of the molecule is CC(=O)c1ccc(NC(=O)CSc2nnc(COc3cccc(C(F)(F)F)c3)n2C)cc1. The first kappa shape index (κ1) is 23.3. The normalized spacial score (nSPS) is 11.3. The van der Waals surface area contributed by atoms with Crippen LogP contribution in [0.5, 0.6) is 5.75 Å². The van der Waals surface area contributed by atoms with Crippen molar-refractivity contribution >= 4 is 29.1 Å². The number of nitrogens with zero attached hydrogens (tertiary/aromatic N) is 3. The predicted octanol–water partition coefficient (Wildman–Crippen LogP) is 4.35. The monoisotopic (exact) mass is 464 g/mol. The van der Waals surface area contributed by atoms with Gasteiger partial charge in [-0.3, -0.25) is 9.59 Å². The average molecular weight is 464 g/mol. The average Bonchev–Trinajstić information content (AvgIpc) is 3.10. The van der Waals surface area contributed by atoms with Crippen LogP contribution in [0.3, 0.4) is 0 Å². The van der Waals surface area contributed by atoms with Gasteiger partial charge in [-0.25, -0.2) is 0 Å². The number of carbonyl (C=O) groups excluding carboxylic acids is 2. The Balaban J connectivity index is 1.53. The van der Waals surface area contributed by atoms with Gasteiger partial charge >= 0.3 is 6.18 Å². The minimum absolute atomic E-state index is 0.0615. The van der Waals surface area contributed by atoms with Gasteiger partial charge in [0.1, 0.15) is 12.4 Å². The van der Waals surface area contributed by atoms with Gasteiger partial charge in [-0.1, -0.05) is 17.8 Å². The van der Waals surface area contributed by atoms with Gasteiger partial charge in [0, 0.05) is 18.3 Å². The molecule has 1 aromatic heterocycles. The Bertz CT molecular complexity index is 1110. The Morgan fingerprint density at radius 2 is 1.84 bits per heavy atom. The molecule has 1 heterocycles. The van der Waals surface area contributed by atoms with Crippen LogP contribution in [0.25, 0.3) is 0 Å². The molecule has 0 aliphatic carbocycles. The summed E-state index contributed by atoms with van der Waals surface area (Å²) in [5.74, 6) is 0.191. The molecule has 1 amide bonds. The number of amides is 1. The van der Waals surface area contributed by atoms with Crippen molar-refractivity contribution in [2.24, 2.45) is 7.05 Å². The number of benzene rings is 2. The Hall–Kier alpha value is -3.34. The molecule has 11 heteroatoms. The molecule has 0 aliphatic rings. The number of ketones is 1. The summed E-state index contributed by atoms with van der Waals surface area (Å²) in [6, 6.07) is 11.1. The van der Waals surface area contributed by atoms with E-state index in [1.807, 2.05) is 0 Å². The third kappa shape index (κ3) is 6.10. The molecule has 0 saturated heterocycles. The van der Waals surface area contributed by atoms with E-state index in [0.29, 0.717) is 22.2 Å². The maximum absolute atomic E-state index is 12.8. The highest BCUT2D eigenvalue weighted by molar-refractivity contribution is 7.99. The maximum atomic E-state index is 12.8. The smallest absolute Gasteiger partial charge is 0.416 e. The summed E-state index contributed by atoms with van der Waals surface area (Å²) >= 11 is 1.15. The van der Waals surface area contributed by atoms with Gasteiger partial charge in [0.2, 0.25) is 5.91 Å². The van der Waals surface area contributed by atoms with Crippen molar-refractivity contribution in [3.8, 4) is 5.75 Å². The molecular weight excluding hydrogens is 445 g/mol. The number of Topliss-reactive ketones (excluding diaryl/α,β-unsaturated/α-hetero) is 1. The first-order valence-corrected chi connectivity index (χ1v) is 10.3. The van der Waals surface area contributed by atoms with Gasteiger partial charge in [-0.2, -0.15) is 13.2 Å². The van der Waals surface area contributed by atoms with Gasteiger partial charge in [-0.15, -0.1) is 10.2 Å². The largest absolute Gasteiger partial charge is 0.486 e. The minimum atomic E-state index is -4.45. The minimum Gasteiger partial charge on any atom is -0.486 e. The molecule has 0 bridgehead atoms. The zero-order valence-corrected chi connectivity index (χ0v) is 18.0. The molecule has 3 rings (SSSR count). The van der Waals surface area contributed by atoms with Gasteiger partial charge in [0.25, 0.3) is 0 Å². The van der Waals surface area contributed by atoms with Gasteiger partial charge in [0.15, 0.2) is 16.8 Å². The molecule has 168 valence electrons. The van der Waals surface area contributed by atoms with Crippen LogP contribution in [0.2, 0.25) is 0 Å². The molecule has 0 fully saturated rings. The summed E-state index contributed by atoms with van der Waals surface area (Å²) in [5.41, 5.74) is 0.316. The van der Waals surface area contributed by atoms with E-state index in [1.165, 1.54) is 19.1 Å². The molecule has 0 atom stereocenters. The van der Waals surface area contributed by atoms with Crippen LogP contribution in [-0.4, -0.2) is 32.2 Å². The number of halogens is 3. The molecule has 32 heavy (non-hydrogen) atoms. The molecule has 1 N–H and O–H groups in total. The first-order valence-electron chi connectivity index (χ1n) is 9.35. The number of anilines is 1. The third-order valence-corrected chi connectivity index (χ3v) is 5.38.